The molecule has 1 rings (SSSR count). The van der Waals surface area contributed by atoms with Crippen LogP contribution in [0.25, 0.3) is 0 Å². The Labute approximate surface area is 86.1 Å². The van der Waals surface area contributed by atoms with Crippen LogP contribution >= 0.6 is 0 Å². The summed E-state index contributed by atoms with van der Waals surface area (Å²) < 4.78 is 25.9. The summed E-state index contributed by atoms with van der Waals surface area (Å²) in [5.74, 6) is -1.69. The largest absolute Gasteiger partial charge is 0.248 e. The third kappa shape index (κ3) is 3.55. The normalized spacial score (nSPS) is 25.3. The second-order valence-corrected chi connectivity index (χ2v) is 5.60. The monoisotopic (exact) mass is 204 g/mol. The van der Waals surface area contributed by atoms with E-state index in [1.54, 1.807) is 0 Å². The van der Waals surface area contributed by atoms with Crippen molar-refractivity contribution >= 4 is 0 Å². The van der Waals surface area contributed by atoms with E-state index < -0.39 is 5.92 Å². The van der Waals surface area contributed by atoms with Crippen LogP contribution in [-0.2, 0) is 0 Å². The molecule has 0 nitrogen and oxygen atoms in total. The molecule has 0 aromatic heterocycles. The van der Waals surface area contributed by atoms with Crippen LogP contribution in [0.5, 0.6) is 0 Å². The first kappa shape index (κ1) is 11.9. The fraction of sp³-hybridized carbons (Fsp3) is 1.00. The van der Waals surface area contributed by atoms with E-state index in [1.165, 1.54) is 6.42 Å². The van der Waals surface area contributed by atoms with Gasteiger partial charge in [-0.2, -0.15) is 0 Å². The zero-order valence-electron chi connectivity index (χ0n) is 9.58. The molecule has 0 unspecified atom stereocenters. The molecule has 1 saturated carbocycles. The average Bonchev–Trinajstić information content (AvgIpc) is 2.08. The molecule has 1 aliphatic carbocycles. The highest BCUT2D eigenvalue weighted by Gasteiger charge is 2.40. The molecule has 0 atom stereocenters. The van der Waals surface area contributed by atoms with Crippen LogP contribution in [0, 0.1) is 11.3 Å². The Morgan fingerprint density at radius 1 is 1.07 bits per heavy atom. The van der Waals surface area contributed by atoms with E-state index in [2.05, 4.69) is 20.8 Å². The standard InChI is InChI=1S/C12H22F2/c1-10(2)4-5-11(3)6-8-12(13,14)9-7-11/h10H,4-9H2,1-3H3. The highest BCUT2D eigenvalue weighted by atomic mass is 19.3. The Morgan fingerprint density at radius 3 is 2.00 bits per heavy atom. The maximum atomic E-state index is 12.9. The molecule has 0 radical (unpaired) electrons. The van der Waals surface area contributed by atoms with Crippen molar-refractivity contribution < 1.29 is 8.78 Å². The number of halogens is 2. The van der Waals surface area contributed by atoms with Gasteiger partial charge < -0.3 is 0 Å². The lowest BCUT2D eigenvalue weighted by molar-refractivity contribution is -0.0657. The van der Waals surface area contributed by atoms with E-state index in [1.807, 2.05) is 0 Å². The first-order valence-electron chi connectivity index (χ1n) is 5.71. The highest BCUT2D eigenvalue weighted by molar-refractivity contribution is 4.85. The molecule has 0 saturated heterocycles. The molecule has 0 aromatic carbocycles. The number of alkyl halides is 2. The number of hydrogen-bond acceptors (Lipinski definition) is 0. The predicted octanol–water partition coefficient (Wildman–Crippen LogP) is 4.64. The molecule has 0 heterocycles. The van der Waals surface area contributed by atoms with E-state index in [0.717, 1.165) is 6.42 Å². The zero-order valence-corrected chi connectivity index (χ0v) is 9.58. The maximum Gasteiger partial charge on any atom is 0.248 e. The van der Waals surface area contributed by atoms with Gasteiger partial charge in [0.05, 0.1) is 0 Å². The fourth-order valence-electron chi connectivity index (χ4n) is 2.11. The molecular weight excluding hydrogens is 182 g/mol. The van der Waals surface area contributed by atoms with Crippen LogP contribution < -0.4 is 0 Å². The molecule has 0 amide bonds. The van der Waals surface area contributed by atoms with Gasteiger partial charge in [0.25, 0.3) is 0 Å². The van der Waals surface area contributed by atoms with Crippen molar-refractivity contribution in [2.24, 2.45) is 11.3 Å². The highest BCUT2D eigenvalue weighted by Crippen LogP contribution is 2.46. The minimum atomic E-state index is -2.38. The minimum absolute atomic E-state index is 0.0988. The molecule has 84 valence electrons. The van der Waals surface area contributed by atoms with E-state index in [9.17, 15) is 8.78 Å². The molecule has 2 heteroatoms. The number of hydrogen-bond donors (Lipinski definition) is 0. The van der Waals surface area contributed by atoms with Gasteiger partial charge in [0.2, 0.25) is 5.92 Å². The molecule has 0 N–H and O–H groups in total. The molecule has 0 aliphatic heterocycles. The lowest BCUT2D eigenvalue weighted by atomic mass is 9.71. The molecule has 0 bridgehead atoms. The van der Waals surface area contributed by atoms with Gasteiger partial charge in [-0.1, -0.05) is 27.2 Å². The van der Waals surface area contributed by atoms with Gasteiger partial charge in [0.1, 0.15) is 0 Å². The molecule has 1 fully saturated rings. The Hall–Kier alpha value is -0.140. The SMILES string of the molecule is CC(C)CCC1(C)CCC(F)(F)CC1. The second-order valence-electron chi connectivity index (χ2n) is 5.60. The van der Waals surface area contributed by atoms with Gasteiger partial charge in [-0.05, 0) is 30.6 Å². The molecule has 1 aliphatic rings. The second kappa shape index (κ2) is 4.16. The Balaban J connectivity index is 2.37. The van der Waals surface area contributed by atoms with Crippen LogP contribution in [0.1, 0.15) is 59.3 Å². The smallest absolute Gasteiger partial charge is 0.207 e. The fourth-order valence-corrected chi connectivity index (χ4v) is 2.11. The lowest BCUT2D eigenvalue weighted by Crippen LogP contribution is -2.31. The van der Waals surface area contributed by atoms with E-state index in [-0.39, 0.29) is 18.3 Å². The van der Waals surface area contributed by atoms with Gasteiger partial charge in [-0.3, -0.25) is 0 Å². The summed E-state index contributed by atoms with van der Waals surface area (Å²) in [5, 5.41) is 0. The third-order valence-corrected chi connectivity index (χ3v) is 3.51. The molecule has 0 aromatic rings. The average molecular weight is 204 g/mol. The van der Waals surface area contributed by atoms with Crippen LogP contribution in [0.3, 0.4) is 0 Å². The summed E-state index contributed by atoms with van der Waals surface area (Å²) in [7, 11) is 0. The van der Waals surface area contributed by atoms with Crippen molar-refractivity contribution in [3.05, 3.63) is 0 Å². The van der Waals surface area contributed by atoms with E-state index in [0.29, 0.717) is 18.8 Å². The van der Waals surface area contributed by atoms with Gasteiger partial charge in [0.15, 0.2) is 0 Å². The van der Waals surface area contributed by atoms with Crippen LogP contribution in [0.2, 0.25) is 0 Å². The maximum absolute atomic E-state index is 12.9. The third-order valence-electron chi connectivity index (χ3n) is 3.51. The summed E-state index contributed by atoms with van der Waals surface area (Å²) >= 11 is 0. The van der Waals surface area contributed by atoms with Gasteiger partial charge in [-0.25, -0.2) is 8.78 Å². The van der Waals surface area contributed by atoms with E-state index >= 15 is 0 Å². The summed E-state index contributed by atoms with van der Waals surface area (Å²) in [6.45, 7) is 6.56. The van der Waals surface area contributed by atoms with Gasteiger partial charge >= 0.3 is 0 Å². The van der Waals surface area contributed by atoms with Gasteiger partial charge in [0, 0.05) is 12.8 Å². The molecular formula is C12H22F2. The van der Waals surface area contributed by atoms with Crippen LogP contribution in [-0.4, -0.2) is 5.92 Å². The van der Waals surface area contributed by atoms with E-state index in [4.69, 9.17) is 0 Å². The summed E-state index contributed by atoms with van der Waals surface area (Å²) in [6, 6.07) is 0. The predicted molar refractivity (Wildman–Crippen MR) is 55.6 cm³/mol. The molecule has 0 spiro atoms. The summed E-state index contributed by atoms with van der Waals surface area (Å²) in [6.07, 6.45) is 3.88. The summed E-state index contributed by atoms with van der Waals surface area (Å²) in [5.41, 5.74) is 0.186. The minimum Gasteiger partial charge on any atom is -0.207 e. The van der Waals surface area contributed by atoms with Crippen molar-refractivity contribution in [2.45, 2.75) is 65.2 Å². The van der Waals surface area contributed by atoms with Gasteiger partial charge in [-0.15, -0.1) is 0 Å². The van der Waals surface area contributed by atoms with Crippen molar-refractivity contribution in [1.82, 2.24) is 0 Å². The number of rotatable bonds is 3. The Morgan fingerprint density at radius 2 is 1.57 bits per heavy atom. The Kier molecular flexibility index (Phi) is 3.54. The molecule has 14 heavy (non-hydrogen) atoms. The Bertz CT molecular complexity index is 169. The van der Waals surface area contributed by atoms with Crippen molar-refractivity contribution in [3.63, 3.8) is 0 Å². The zero-order chi connectivity index (χ0) is 10.8. The van der Waals surface area contributed by atoms with Crippen molar-refractivity contribution in [1.29, 1.82) is 0 Å². The quantitative estimate of drug-likeness (QED) is 0.628. The first-order chi connectivity index (χ1) is 6.33. The van der Waals surface area contributed by atoms with Crippen molar-refractivity contribution in [2.75, 3.05) is 0 Å². The van der Waals surface area contributed by atoms with Crippen LogP contribution in [0.4, 0.5) is 8.78 Å². The van der Waals surface area contributed by atoms with Crippen LogP contribution in [0.15, 0.2) is 0 Å². The topological polar surface area (TPSA) is 0 Å². The summed E-state index contributed by atoms with van der Waals surface area (Å²) in [4.78, 5) is 0. The first-order valence-corrected chi connectivity index (χ1v) is 5.71. The van der Waals surface area contributed by atoms with Crippen molar-refractivity contribution in [3.8, 4) is 0 Å². The lowest BCUT2D eigenvalue weighted by Gasteiger charge is -2.37.